The van der Waals surface area contributed by atoms with Crippen molar-refractivity contribution in [3.05, 3.63) is 0 Å². The van der Waals surface area contributed by atoms with E-state index in [4.69, 9.17) is 14.8 Å². The maximum absolute atomic E-state index is 10.0. The first kappa shape index (κ1) is 11.0. The summed E-state index contributed by atoms with van der Waals surface area (Å²) in [4.78, 5) is 0. The van der Waals surface area contributed by atoms with Crippen molar-refractivity contribution < 1.29 is 23.2 Å². The topological polar surface area (TPSA) is 87.0 Å². The van der Waals surface area contributed by atoms with Crippen LogP contribution in [-0.4, -0.2) is 38.3 Å². The van der Waals surface area contributed by atoms with E-state index in [1.165, 1.54) is 0 Å². The zero-order valence-electron chi connectivity index (χ0n) is 5.97. The Morgan fingerprint density at radius 1 is 1.45 bits per heavy atom. The molecule has 0 radical (unpaired) electrons. The fourth-order valence-corrected chi connectivity index (χ4v) is 0.995. The second-order valence-electron chi connectivity index (χ2n) is 1.98. The van der Waals surface area contributed by atoms with E-state index in [2.05, 4.69) is 4.18 Å². The number of hydrogen-bond acceptors (Lipinski definition) is 4. The summed E-state index contributed by atoms with van der Waals surface area (Å²) in [6.45, 7) is -0.329. The van der Waals surface area contributed by atoms with Gasteiger partial charge in [0.1, 0.15) is 6.10 Å². The van der Waals surface area contributed by atoms with Crippen LogP contribution in [0.15, 0.2) is 0 Å². The summed E-state index contributed by atoms with van der Waals surface area (Å²) in [7, 11) is 0. The fourth-order valence-electron chi connectivity index (χ4n) is 0.605. The molecule has 0 aromatic carbocycles. The van der Waals surface area contributed by atoms with Gasteiger partial charge < -0.3 is 10.2 Å². The maximum Gasteiger partial charge on any atom is 0.302 e. The van der Waals surface area contributed by atoms with Crippen molar-refractivity contribution in [2.45, 2.75) is 18.9 Å². The third kappa shape index (κ3) is 6.39. The fraction of sp³-hybridized carbons (Fsp3) is 1.00. The highest BCUT2D eigenvalue weighted by Crippen LogP contribution is 2.02. The number of hydrogen-bond donors (Lipinski definition) is 3. The van der Waals surface area contributed by atoms with Crippen molar-refractivity contribution in [3.8, 4) is 0 Å². The number of aliphatic hydroxyl groups is 2. The molecule has 0 aromatic heterocycles. The monoisotopic (exact) mass is 184 g/mol. The molecule has 5 nitrogen and oxygen atoms in total. The van der Waals surface area contributed by atoms with Gasteiger partial charge in [-0.25, -0.2) is 0 Å². The van der Waals surface area contributed by atoms with Crippen LogP contribution in [0.25, 0.3) is 0 Å². The molecule has 2 atom stereocenters. The standard InChI is InChI=1S/C5H12O5S/c6-3-1-2-5(4-7)10-11(8)9/h5-7H,1-4H2,(H,8,9). The van der Waals surface area contributed by atoms with Crippen LogP contribution in [0.1, 0.15) is 12.8 Å². The minimum atomic E-state index is -2.34. The summed E-state index contributed by atoms with van der Waals surface area (Å²) < 4.78 is 22.6. The van der Waals surface area contributed by atoms with Crippen molar-refractivity contribution >= 4 is 11.4 Å². The second kappa shape index (κ2) is 6.68. The molecule has 0 fully saturated rings. The summed E-state index contributed by atoms with van der Waals surface area (Å²) >= 11 is -2.34. The summed E-state index contributed by atoms with van der Waals surface area (Å²) in [5.74, 6) is 0. The summed E-state index contributed by atoms with van der Waals surface area (Å²) in [5.41, 5.74) is 0. The van der Waals surface area contributed by atoms with E-state index in [-0.39, 0.29) is 13.2 Å². The normalized spacial score (nSPS) is 16.3. The highest BCUT2D eigenvalue weighted by Gasteiger charge is 2.09. The van der Waals surface area contributed by atoms with Crippen LogP contribution < -0.4 is 0 Å². The molecule has 6 heteroatoms. The summed E-state index contributed by atoms with van der Waals surface area (Å²) in [5, 5.41) is 16.9. The van der Waals surface area contributed by atoms with Crippen LogP contribution in [0.4, 0.5) is 0 Å². The van der Waals surface area contributed by atoms with Gasteiger partial charge in [0.2, 0.25) is 0 Å². The Hall–Kier alpha value is -0.0100. The van der Waals surface area contributed by atoms with Gasteiger partial charge in [-0.2, -0.15) is 4.21 Å². The van der Waals surface area contributed by atoms with Gasteiger partial charge in [-0.05, 0) is 12.8 Å². The molecular formula is C5H12O5S. The van der Waals surface area contributed by atoms with Gasteiger partial charge in [0.05, 0.1) is 6.61 Å². The van der Waals surface area contributed by atoms with E-state index in [9.17, 15) is 4.21 Å². The first-order chi connectivity index (χ1) is 5.20. The average Bonchev–Trinajstić information content (AvgIpc) is 1.97. The largest absolute Gasteiger partial charge is 0.396 e. The van der Waals surface area contributed by atoms with Crippen LogP contribution in [-0.2, 0) is 15.5 Å². The predicted molar refractivity (Wildman–Crippen MR) is 39.0 cm³/mol. The van der Waals surface area contributed by atoms with Gasteiger partial charge in [0.25, 0.3) is 0 Å². The molecule has 3 N–H and O–H groups in total. The highest BCUT2D eigenvalue weighted by atomic mass is 32.2. The van der Waals surface area contributed by atoms with Crippen LogP contribution in [0.2, 0.25) is 0 Å². The zero-order valence-corrected chi connectivity index (χ0v) is 6.79. The molecule has 11 heavy (non-hydrogen) atoms. The molecule has 0 spiro atoms. The van der Waals surface area contributed by atoms with E-state index in [0.29, 0.717) is 12.8 Å². The van der Waals surface area contributed by atoms with E-state index in [1.54, 1.807) is 0 Å². The van der Waals surface area contributed by atoms with Crippen molar-refractivity contribution in [3.63, 3.8) is 0 Å². The molecule has 0 aromatic rings. The Labute approximate surface area is 67.5 Å². The lowest BCUT2D eigenvalue weighted by molar-refractivity contribution is 0.104. The minimum absolute atomic E-state index is 0.0159. The zero-order chi connectivity index (χ0) is 8.69. The number of aliphatic hydroxyl groups excluding tert-OH is 2. The van der Waals surface area contributed by atoms with E-state index < -0.39 is 17.5 Å². The molecular weight excluding hydrogens is 172 g/mol. The molecule has 0 saturated heterocycles. The molecule has 68 valence electrons. The van der Waals surface area contributed by atoms with E-state index >= 15 is 0 Å². The second-order valence-corrected chi connectivity index (χ2v) is 2.61. The summed E-state index contributed by atoms with van der Waals surface area (Å²) in [6.07, 6.45) is 0.162. The van der Waals surface area contributed by atoms with Gasteiger partial charge >= 0.3 is 11.4 Å². The smallest absolute Gasteiger partial charge is 0.302 e. The molecule has 0 amide bonds. The van der Waals surface area contributed by atoms with E-state index in [1.807, 2.05) is 0 Å². The first-order valence-corrected chi connectivity index (χ1v) is 4.23. The summed E-state index contributed by atoms with van der Waals surface area (Å²) in [6, 6.07) is 0. The third-order valence-electron chi connectivity index (χ3n) is 1.11. The lowest BCUT2D eigenvalue weighted by atomic mass is 10.2. The quantitative estimate of drug-likeness (QED) is 0.474. The molecule has 0 aliphatic rings. The van der Waals surface area contributed by atoms with Gasteiger partial charge in [0, 0.05) is 6.61 Å². The lowest BCUT2D eigenvalue weighted by Crippen LogP contribution is -2.19. The Balaban J connectivity index is 3.49. The Morgan fingerprint density at radius 2 is 2.09 bits per heavy atom. The maximum atomic E-state index is 10.0. The van der Waals surface area contributed by atoms with Gasteiger partial charge in [0.15, 0.2) is 0 Å². The van der Waals surface area contributed by atoms with Crippen molar-refractivity contribution in [2.24, 2.45) is 0 Å². The van der Waals surface area contributed by atoms with E-state index in [0.717, 1.165) is 0 Å². The molecule has 0 rings (SSSR count). The minimum Gasteiger partial charge on any atom is -0.396 e. The molecule has 0 aliphatic carbocycles. The molecule has 0 heterocycles. The molecule has 0 saturated carbocycles. The molecule has 0 bridgehead atoms. The Morgan fingerprint density at radius 3 is 2.45 bits per heavy atom. The Bertz CT molecular complexity index is 117. The van der Waals surface area contributed by atoms with Crippen molar-refractivity contribution in [1.82, 2.24) is 0 Å². The molecule has 2 unspecified atom stereocenters. The molecule has 0 aliphatic heterocycles. The van der Waals surface area contributed by atoms with Gasteiger partial charge in [-0.1, -0.05) is 0 Å². The van der Waals surface area contributed by atoms with Gasteiger partial charge in [-0.15, -0.1) is 0 Å². The lowest BCUT2D eigenvalue weighted by Gasteiger charge is -2.09. The average molecular weight is 184 g/mol. The number of rotatable bonds is 6. The first-order valence-electron chi connectivity index (χ1n) is 3.20. The van der Waals surface area contributed by atoms with Crippen molar-refractivity contribution in [2.75, 3.05) is 13.2 Å². The van der Waals surface area contributed by atoms with Crippen molar-refractivity contribution in [1.29, 1.82) is 0 Å². The van der Waals surface area contributed by atoms with Gasteiger partial charge in [-0.3, -0.25) is 8.74 Å². The van der Waals surface area contributed by atoms with Crippen LogP contribution in [0.5, 0.6) is 0 Å². The predicted octanol–water partition coefficient (Wildman–Crippen LogP) is -0.727. The van der Waals surface area contributed by atoms with Crippen LogP contribution in [0.3, 0.4) is 0 Å². The van der Waals surface area contributed by atoms with Crippen LogP contribution in [0, 0.1) is 0 Å². The third-order valence-corrected chi connectivity index (χ3v) is 1.54. The Kier molecular flexibility index (Phi) is 6.68. The SMILES string of the molecule is O=S(O)OC(CO)CCCO. The van der Waals surface area contributed by atoms with Crippen LogP contribution >= 0.6 is 0 Å². The highest BCUT2D eigenvalue weighted by molar-refractivity contribution is 7.74.